The summed E-state index contributed by atoms with van der Waals surface area (Å²) in [6.07, 6.45) is -0.714. The van der Waals surface area contributed by atoms with Crippen molar-refractivity contribution in [2.45, 2.75) is 32.5 Å². The zero-order valence-corrected chi connectivity index (χ0v) is 17.0. The van der Waals surface area contributed by atoms with E-state index in [1.165, 1.54) is 0 Å². The normalized spacial score (nSPS) is 10.8. The maximum Gasteiger partial charge on any atom is 0.437 e. The number of hydrogen-bond donors (Lipinski definition) is 3. The van der Waals surface area contributed by atoms with Crippen LogP contribution in [0.25, 0.3) is 0 Å². The van der Waals surface area contributed by atoms with Crippen molar-refractivity contribution in [3.63, 3.8) is 0 Å². The van der Waals surface area contributed by atoms with E-state index in [4.69, 9.17) is 14.6 Å². The van der Waals surface area contributed by atoms with Gasteiger partial charge in [-0.25, -0.2) is 9.59 Å². The van der Waals surface area contributed by atoms with Crippen molar-refractivity contribution in [1.29, 1.82) is 0 Å². The number of unbranched alkanes of at least 4 members (excludes halogenated alkanes) is 1. The topological polar surface area (TPSA) is 126 Å². The van der Waals surface area contributed by atoms with Gasteiger partial charge in [0.2, 0.25) is 5.96 Å². The molecule has 164 valence electrons. The monoisotopic (exact) mass is 427 g/mol. The lowest BCUT2D eigenvalue weighted by Gasteiger charge is -2.11. The van der Waals surface area contributed by atoms with Crippen molar-refractivity contribution in [2.75, 3.05) is 6.54 Å². The molecular formula is C22H25N3O6. The second-order valence-electron chi connectivity index (χ2n) is 6.46. The average Bonchev–Trinajstić information content (AvgIpc) is 2.77. The van der Waals surface area contributed by atoms with Gasteiger partial charge in [-0.3, -0.25) is 10.1 Å². The highest BCUT2D eigenvalue weighted by Gasteiger charge is 2.11. The van der Waals surface area contributed by atoms with Gasteiger partial charge < -0.3 is 19.9 Å². The highest BCUT2D eigenvalue weighted by Crippen LogP contribution is 2.02. The fourth-order valence-electron chi connectivity index (χ4n) is 2.42. The molecule has 0 aliphatic carbocycles. The molecule has 0 radical (unpaired) electrons. The second-order valence-corrected chi connectivity index (χ2v) is 6.46. The third-order valence-corrected chi connectivity index (χ3v) is 3.95. The highest BCUT2D eigenvalue weighted by molar-refractivity contribution is 5.98. The Morgan fingerprint density at radius 1 is 0.839 bits per heavy atom. The number of aliphatic imine (C=N–C) groups is 1. The van der Waals surface area contributed by atoms with Gasteiger partial charge in [0, 0.05) is 13.0 Å². The lowest BCUT2D eigenvalue weighted by atomic mass is 10.2. The average molecular weight is 427 g/mol. The molecule has 0 aliphatic heterocycles. The molecule has 9 heteroatoms. The molecule has 2 amide bonds. The summed E-state index contributed by atoms with van der Waals surface area (Å²) >= 11 is 0. The van der Waals surface area contributed by atoms with E-state index in [-0.39, 0.29) is 25.6 Å². The first kappa shape index (κ1) is 23.4. The predicted octanol–water partition coefficient (Wildman–Crippen LogP) is 3.45. The van der Waals surface area contributed by atoms with Gasteiger partial charge in [0.05, 0.1) is 0 Å². The quantitative estimate of drug-likeness (QED) is 0.318. The number of nitrogens with zero attached hydrogens (tertiary/aromatic N) is 1. The van der Waals surface area contributed by atoms with Gasteiger partial charge in [-0.15, -0.1) is 4.99 Å². The van der Waals surface area contributed by atoms with Crippen LogP contribution in [0, 0.1) is 0 Å². The summed E-state index contributed by atoms with van der Waals surface area (Å²) < 4.78 is 10.2. The molecule has 0 saturated heterocycles. The molecule has 0 aromatic heterocycles. The Labute approximate surface area is 180 Å². The van der Waals surface area contributed by atoms with Gasteiger partial charge in [0.1, 0.15) is 13.2 Å². The number of carboxylic acid groups (broad SMARTS) is 1. The SMILES string of the molecule is O=C(O)CCCCN/C(=N\C(=O)OCc1ccccc1)NC(=O)OCc1ccccc1. The Balaban J connectivity index is 1.88. The Morgan fingerprint density at radius 3 is 2.00 bits per heavy atom. The summed E-state index contributed by atoms with van der Waals surface area (Å²) in [5.41, 5.74) is 1.60. The number of rotatable bonds is 9. The van der Waals surface area contributed by atoms with Crippen molar-refractivity contribution in [2.24, 2.45) is 4.99 Å². The van der Waals surface area contributed by atoms with E-state index in [0.29, 0.717) is 19.4 Å². The van der Waals surface area contributed by atoms with Gasteiger partial charge in [0.25, 0.3) is 0 Å². The van der Waals surface area contributed by atoms with Gasteiger partial charge in [-0.1, -0.05) is 60.7 Å². The van der Waals surface area contributed by atoms with Crippen LogP contribution in [0.4, 0.5) is 9.59 Å². The van der Waals surface area contributed by atoms with Crippen molar-refractivity contribution in [1.82, 2.24) is 10.6 Å². The molecule has 0 atom stereocenters. The number of amides is 2. The number of ether oxygens (including phenoxy) is 2. The lowest BCUT2D eigenvalue weighted by molar-refractivity contribution is -0.137. The molecule has 0 unspecified atom stereocenters. The van der Waals surface area contributed by atoms with Gasteiger partial charge >= 0.3 is 18.2 Å². The summed E-state index contributed by atoms with van der Waals surface area (Å²) in [5.74, 6) is -1.02. The number of alkyl carbamates (subject to hydrolysis) is 1. The summed E-state index contributed by atoms with van der Waals surface area (Å²) in [6, 6.07) is 18.2. The summed E-state index contributed by atoms with van der Waals surface area (Å²) in [4.78, 5) is 38.4. The Morgan fingerprint density at radius 2 is 1.42 bits per heavy atom. The van der Waals surface area contributed by atoms with Crippen LogP contribution in [0.3, 0.4) is 0 Å². The van der Waals surface area contributed by atoms with Gasteiger partial charge in [-0.2, -0.15) is 0 Å². The van der Waals surface area contributed by atoms with E-state index in [9.17, 15) is 14.4 Å². The smallest absolute Gasteiger partial charge is 0.437 e. The van der Waals surface area contributed by atoms with E-state index in [1.807, 2.05) is 48.5 Å². The lowest BCUT2D eigenvalue weighted by Crippen LogP contribution is -2.42. The number of benzene rings is 2. The molecule has 2 aromatic rings. The van der Waals surface area contributed by atoms with Crippen molar-refractivity contribution in [3.05, 3.63) is 71.8 Å². The molecule has 3 N–H and O–H groups in total. The van der Waals surface area contributed by atoms with Crippen LogP contribution in [0.15, 0.2) is 65.7 Å². The number of aliphatic carboxylic acids is 1. The van der Waals surface area contributed by atoms with Crippen LogP contribution >= 0.6 is 0 Å². The number of nitrogens with one attached hydrogen (secondary N) is 2. The van der Waals surface area contributed by atoms with Crippen LogP contribution in [0.2, 0.25) is 0 Å². The Hall–Kier alpha value is -3.88. The standard InChI is InChI=1S/C22H25N3O6/c26-19(27)13-7-8-14-23-20(24-21(28)30-15-17-9-3-1-4-10-17)25-22(29)31-16-18-11-5-2-6-12-18/h1-6,9-12H,7-8,13-16H2,(H,26,27)(H2,23,24,25,28,29). The van der Waals surface area contributed by atoms with Crippen LogP contribution in [-0.2, 0) is 27.5 Å². The molecule has 0 bridgehead atoms. The first-order chi connectivity index (χ1) is 15.0. The summed E-state index contributed by atoms with van der Waals surface area (Å²) in [7, 11) is 0. The van der Waals surface area contributed by atoms with Crippen LogP contribution in [0.1, 0.15) is 30.4 Å². The van der Waals surface area contributed by atoms with Gasteiger partial charge in [0.15, 0.2) is 0 Å². The molecule has 0 saturated carbocycles. The fraction of sp³-hybridized carbons (Fsp3) is 0.273. The molecule has 31 heavy (non-hydrogen) atoms. The third-order valence-electron chi connectivity index (χ3n) is 3.95. The number of hydrogen-bond acceptors (Lipinski definition) is 5. The predicted molar refractivity (Wildman–Crippen MR) is 113 cm³/mol. The highest BCUT2D eigenvalue weighted by atomic mass is 16.6. The zero-order chi connectivity index (χ0) is 22.3. The van der Waals surface area contributed by atoms with E-state index < -0.39 is 18.2 Å². The summed E-state index contributed by atoms with van der Waals surface area (Å²) in [5, 5.41) is 13.9. The second kappa shape index (κ2) is 13.4. The zero-order valence-electron chi connectivity index (χ0n) is 17.0. The molecule has 0 aliphatic rings. The first-order valence-corrected chi connectivity index (χ1v) is 9.75. The van der Waals surface area contributed by atoms with Crippen LogP contribution in [-0.4, -0.2) is 35.8 Å². The molecule has 2 rings (SSSR count). The maximum atomic E-state index is 12.1. The number of guanidine groups is 1. The van der Waals surface area contributed by atoms with Crippen LogP contribution in [0.5, 0.6) is 0 Å². The van der Waals surface area contributed by atoms with Crippen molar-refractivity contribution in [3.8, 4) is 0 Å². The number of carbonyl (C=O) groups is 3. The fourth-order valence-corrected chi connectivity index (χ4v) is 2.42. The molecular weight excluding hydrogens is 402 g/mol. The van der Waals surface area contributed by atoms with E-state index in [1.54, 1.807) is 12.1 Å². The molecule has 2 aromatic carbocycles. The minimum atomic E-state index is -0.889. The van der Waals surface area contributed by atoms with Crippen molar-refractivity contribution < 1.29 is 29.0 Å². The first-order valence-electron chi connectivity index (χ1n) is 9.75. The molecule has 9 nitrogen and oxygen atoms in total. The molecule has 0 fully saturated rings. The van der Waals surface area contributed by atoms with Crippen LogP contribution < -0.4 is 10.6 Å². The largest absolute Gasteiger partial charge is 0.481 e. The van der Waals surface area contributed by atoms with E-state index in [0.717, 1.165) is 11.1 Å². The molecule has 0 heterocycles. The third kappa shape index (κ3) is 10.5. The molecule has 0 spiro atoms. The van der Waals surface area contributed by atoms with Crippen molar-refractivity contribution >= 4 is 24.1 Å². The maximum absolute atomic E-state index is 12.1. The Bertz CT molecular complexity index is 871. The Kier molecular flexibility index (Phi) is 10.1. The summed E-state index contributed by atoms with van der Waals surface area (Å²) in [6.45, 7) is 0.390. The minimum Gasteiger partial charge on any atom is -0.481 e. The number of carboxylic acids is 1. The number of carbonyl (C=O) groups excluding carboxylic acids is 2. The van der Waals surface area contributed by atoms with E-state index in [2.05, 4.69) is 15.6 Å². The van der Waals surface area contributed by atoms with Gasteiger partial charge in [-0.05, 0) is 24.0 Å². The minimum absolute atomic E-state index is 0.0276. The van der Waals surface area contributed by atoms with E-state index >= 15 is 0 Å².